The first kappa shape index (κ1) is 14.9. The highest BCUT2D eigenvalue weighted by molar-refractivity contribution is 8.00. The van der Waals surface area contributed by atoms with Gasteiger partial charge < -0.3 is 16.0 Å². The van der Waals surface area contributed by atoms with E-state index in [0.29, 0.717) is 5.95 Å². The molecule has 0 aromatic carbocycles. The molecule has 6 nitrogen and oxygen atoms in total. The van der Waals surface area contributed by atoms with Gasteiger partial charge in [-0.2, -0.15) is 28.1 Å². The molecule has 3 N–H and O–H groups in total. The van der Waals surface area contributed by atoms with Gasteiger partial charge in [0.15, 0.2) is 0 Å². The highest BCUT2D eigenvalue weighted by Crippen LogP contribution is 2.29. The number of anilines is 3. The molecule has 0 atom stereocenters. The normalized spacial score (nSPS) is 15.7. The van der Waals surface area contributed by atoms with Crippen LogP contribution in [0.1, 0.15) is 12.8 Å². The molecule has 0 bridgehead atoms. The first-order valence-corrected chi connectivity index (χ1v) is 7.14. The quantitative estimate of drug-likeness (QED) is 0.802. The number of rotatable bonds is 5. The SMILES string of the molecule is Nc1nc(NCCSC(F)(F)F)nc(N2CCCC2)n1. The van der Waals surface area contributed by atoms with Crippen LogP contribution in [0.15, 0.2) is 0 Å². The third-order valence-electron chi connectivity index (χ3n) is 2.68. The van der Waals surface area contributed by atoms with Gasteiger partial charge in [0.1, 0.15) is 0 Å². The maximum atomic E-state index is 12.0. The van der Waals surface area contributed by atoms with Crippen molar-refractivity contribution in [3.63, 3.8) is 0 Å². The molecule has 2 heterocycles. The number of thioether (sulfide) groups is 1. The van der Waals surface area contributed by atoms with Crippen LogP contribution in [0.3, 0.4) is 0 Å². The lowest BCUT2D eigenvalue weighted by molar-refractivity contribution is -0.0327. The van der Waals surface area contributed by atoms with Gasteiger partial charge in [-0.3, -0.25) is 0 Å². The molecule has 1 fully saturated rings. The minimum Gasteiger partial charge on any atom is -0.368 e. The van der Waals surface area contributed by atoms with Gasteiger partial charge in [0.05, 0.1) is 0 Å². The summed E-state index contributed by atoms with van der Waals surface area (Å²) in [6.45, 7) is 1.81. The van der Waals surface area contributed by atoms with Crippen LogP contribution in [0.5, 0.6) is 0 Å². The third-order valence-corrected chi connectivity index (χ3v) is 3.42. The maximum Gasteiger partial charge on any atom is 0.441 e. The molecular weight excluding hydrogens is 293 g/mol. The van der Waals surface area contributed by atoms with Crippen LogP contribution in [0, 0.1) is 0 Å². The number of nitrogens with zero attached hydrogens (tertiary/aromatic N) is 4. The molecule has 0 saturated carbocycles. The number of nitrogens with one attached hydrogen (secondary N) is 1. The lowest BCUT2D eigenvalue weighted by atomic mass is 10.4. The molecule has 1 aliphatic heterocycles. The van der Waals surface area contributed by atoms with Crippen LogP contribution in [-0.4, -0.2) is 45.8 Å². The summed E-state index contributed by atoms with van der Waals surface area (Å²) in [7, 11) is 0. The predicted molar refractivity (Wildman–Crippen MR) is 72.7 cm³/mol. The van der Waals surface area contributed by atoms with Crippen LogP contribution >= 0.6 is 11.8 Å². The molecular formula is C10H15F3N6S. The maximum absolute atomic E-state index is 12.0. The lowest BCUT2D eigenvalue weighted by Crippen LogP contribution is -2.22. The van der Waals surface area contributed by atoms with E-state index >= 15 is 0 Å². The number of hydrogen-bond acceptors (Lipinski definition) is 7. The van der Waals surface area contributed by atoms with Gasteiger partial charge >= 0.3 is 5.51 Å². The summed E-state index contributed by atoms with van der Waals surface area (Å²) in [6, 6.07) is 0. The van der Waals surface area contributed by atoms with E-state index in [0.717, 1.165) is 25.9 Å². The average molecular weight is 308 g/mol. The fourth-order valence-corrected chi connectivity index (χ4v) is 2.28. The molecule has 1 aromatic heterocycles. The summed E-state index contributed by atoms with van der Waals surface area (Å²) in [4.78, 5) is 14.1. The standard InChI is InChI=1S/C10H15F3N6S/c11-10(12,13)20-6-3-15-8-16-7(14)17-9(18-8)19-4-1-2-5-19/h1-6H2,(H3,14,15,16,17,18). The monoisotopic (exact) mass is 308 g/mol. The van der Waals surface area contributed by atoms with Crippen LogP contribution in [0.25, 0.3) is 0 Å². The van der Waals surface area contributed by atoms with Crippen molar-refractivity contribution >= 4 is 29.6 Å². The van der Waals surface area contributed by atoms with E-state index in [1.165, 1.54) is 0 Å². The Bertz CT molecular complexity index is 449. The summed E-state index contributed by atoms with van der Waals surface area (Å²) in [6.07, 6.45) is 2.13. The van der Waals surface area contributed by atoms with Crippen molar-refractivity contribution in [3.05, 3.63) is 0 Å². The lowest BCUT2D eigenvalue weighted by Gasteiger charge is -2.16. The fourth-order valence-electron chi connectivity index (χ4n) is 1.85. The molecule has 112 valence electrons. The van der Waals surface area contributed by atoms with Crippen LogP contribution in [-0.2, 0) is 0 Å². The van der Waals surface area contributed by atoms with Gasteiger partial charge in [-0.05, 0) is 24.6 Å². The smallest absolute Gasteiger partial charge is 0.368 e. The molecule has 1 saturated heterocycles. The van der Waals surface area contributed by atoms with Crippen molar-refractivity contribution in [2.45, 2.75) is 18.3 Å². The number of nitrogen functional groups attached to an aromatic ring is 1. The van der Waals surface area contributed by atoms with Crippen LogP contribution in [0.4, 0.5) is 31.0 Å². The third kappa shape index (κ3) is 4.58. The van der Waals surface area contributed by atoms with Gasteiger partial charge in [0, 0.05) is 25.4 Å². The number of hydrogen-bond donors (Lipinski definition) is 2. The zero-order valence-electron chi connectivity index (χ0n) is 10.7. The van der Waals surface area contributed by atoms with E-state index in [1.807, 2.05) is 4.90 Å². The molecule has 20 heavy (non-hydrogen) atoms. The Morgan fingerprint density at radius 3 is 2.55 bits per heavy atom. The summed E-state index contributed by atoms with van der Waals surface area (Å²) in [5.74, 6) is 0.629. The summed E-state index contributed by atoms with van der Waals surface area (Å²) < 4.78 is 35.9. The van der Waals surface area contributed by atoms with Crippen molar-refractivity contribution in [1.82, 2.24) is 15.0 Å². The van der Waals surface area contributed by atoms with Gasteiger partial charge in [-0.1, -0.05) is 0 Å². The van der Waals surface area contributed by atoms with Gasteiger partial charge in [-0.15, -0.1) is 0 Å². The number of halogens is 3. The first-order chi connectivity index (χ1) is 9.44. The van der Waals surface area contributed by atoms with Gasteiger partial charge in [0.2, 0.25) is 17.8 Å². The average Bonchev–Trinajstić information content (AvgIpc) is 2.86. The van der Waals surface area contributed by atoms with Crippen molar-refractivity contribution in [3.8, 4) is 0 Å². The Morgan fingerprint density at radius 2 is 1.90 bits per heavy atom. The second-order valence-corrected chi connectivity index (χ2v) is 5.39. The number of aromatic nitrogens is 3. The summed E-state index contributed by atoms with van der Waals surface area (Å²) in [5.41, 5.74) is 1.36. The Labute approximate surface area is 118 Å². The molecule has 0 amide bonds. The zero-order valence-corrected chi connectivity index (χ0v) is 11.5. The first-order valence-electron chi connectivity index (χ1n) is 6.15. The minimum absolute atomic E-state index is 0.0628. The Kier molecular flexibility index (Phi) is 4.73. The van der Waals surface area contributed by atoms with Crippen molar-refractivity contribution in [2.24, 2.45) is 0 Å². The highest BCUT2D eigenvalue weighted by atomic mass is 32.2. The molecule has 0 radical (unpaired) electrons. The van der Waals surface area contributed by atoms with E-state index in [1.54, 1.807) is 0 Å². The van der Waals surface area contributed by atoms with Crippen LogP contribution < -0.4 is 16.0 Å². The van der Waals surface area contributed by atoms with E-state index in [4.69, 9.17) is 5.73 Å². The topological polar surface area (TPSA) is 80.0 Å². The molecule has 2 rings (SSSR count). The van der Waals surface area contributed by atoms with E-state index < -0.39 is 5.51 Å². The largest absolute Gasteiger partial charge is 0.441 e. The molecule has 1 aromatic rings. The molecule has 0 unspecified atom stereocenters. The molecule has 0 spiro atoms. The van der Waals surface area contributed by atoms with E-state index in [9.17, 15) is 13.2 Å². The van der Waals surface area contributed by atoms with E-state index in [2.05, 4.69) is 20.3 Å². The van der Waals surface area contributed by atoms with Crippen molar-refractivity contribution in [1.29, 1.82) is 0 Å². The Morgan fingerprint density at radius 1 is 1.20 bits per heavy atom. The molecule has 1 aliphatic rings. The predicted octanol–water partition coefficient (Wildman–Crippen LogP) is 1.72. The molecule has 10 heteroatoms. The van der Waals surface area contributed by atoms with E-state index in [-0.39, 0.29) is 36.0 Å². The van der Waals surface area contributed by atoms with Crippen molar-refractivity contribution in [2.75, 3.05) is 41.3 Å². The second-order valence-electron chi connectivity index (χ2n) is 4.23. The number of alkyl halides is 3. The second kappa shape index (κ2) is 6.33. The van der Waals surface area contributed by atoms with Crippen molar-refractivity contribution < 1.29 is 13.2 Å². The summed E-state index contributed by atoms with van der Waals surface area (Å²) in [5, 5.41) is 2.73. The molecule has 0 aliphatic carbocycles. The Balaban J connectivity index is 1.91. The van der Waals surface area contributed by atoms with Crippen LogP contribution in [0.2, 0.25) is 0 Å². The number of nitrogens with two attached hydrogens (primary N) is 1. The van der Waals surface area contributed by atoms with Gasteiger partial charge in [-0.25, -0.2) is 0 Å². The zero-order chi connectivity index (χ0) is 14.6. The minimum atomic E-state index is -4.22. The Hall–Kier alpha value is -1.45. The van der Waals surface area contributed by atoms with Gasteiger partial charge in [0.25, 0.3) is 0 Å². The fraction of sp³-hybridized carbons (Fsp3) is 0.700. The summed E-state index contributed by atoms with van der Waals surface area (Å²) >= 11 is -0.0888. The highest BCUT2D eigenvalue weighted by Gasteiger charge is 2.27.